The Morgan fingerprint density at radius 2 is 1.86 bits per heavy atom. The van der Waals surface area contributed by atoms with Crippen molar-refractivity contribution in [3.63, 3.8) is 0 Å². The smallest absolute Gasteiger partial charge is 0.191 e. The van der Waals surface area contributed by atoms with Gasteiger partial charge in [0, 0.05) is 39.8 Å². The number of morpholine rings is 1. The molecule has 28 heavy (non-hydrogen) atoms. The van der Waals surface area contributed by atoms with Gasteiger partial charge in [0.1, 0.15) is 12.4 Å². The zero-order valence-corrected chi connectivity index (χ0v) is 16.9. The maximum absolute atomic E-state index is 5.41. The zero-order valence-electron chi connectivity index (χ0n) is 16.9. The summed E-state index contributed by atoms with van der Waals surface area (Å²) in [5.74, 6) is 2.56. The van der Waals surface area contributed by atoms with E-state index in [2.05, 4.69) is 50.0 Å². The maximum Gasteiger partial charge on any atom is 0.191 e. The molecule has 0 spiro atoms. The minimum atomic E-state index is 0.496. The van der Waals surface area contributed by atoms with Crippen molar-refractivity contribution in [3.05, 3.63) is 47.5 Å². The van der Waals surface area contributed by atoms with E-state index >= 15 is 0 Å². The number of guanidine groups is 1. The van der Waals surface area contributed by atoms with Crippen LogP contribution in [-0.4, -0.2) is 71.6 Å². The first kappa shape index (κ1) is 20.3. The molecule has 0 saturated carbocycles. The van der Waals surface area contributed by atoms with Crippen molar-refractivity contribution < 1.29 is 4.74 Å². The van der Waals surface area contributed by atoms with Gasteiger partial charge in [-0.15, -0.1) is 10.2 Å². The second kappa shape index (κ2) is 10.8. The van der Waals surface area contributed by atoms with Crippen LogP contribution in [0.5, 0.6) is 0 Å². The normalized spacial score (nSPS) is 15.6. The highest BCUT2D eigenvalue weighted by Gasteiger charge is 2.10. The molecule has 1 aromatic carbocycles. The summed E-state index contributed by atoms with van der Waals surface area (Å²) < 4.78 is 7.38. The number of nitrogens with zero attached hydrogens (tertiary/aromatic N) is 5. The Hall–Kier alpha value is -2.45. The van der Waals surface area contributed by atoms with Crippen LogP contribution in [0.15, 0.2) is 35.3 Å². The van der Waals surface area contributed by atoms with E-state index in [1.54, 1.807) is 0 Å². The number of aromatic nitrogens is 3. The second-order valence-corrected chi connectivity index (χ2v) is 6.93. The Kier molecular flexibility index (Phi) is 7.81. The molecule has 1 aliphatic rings. The van der Waals surface area contributed by atoms with Gasteiger partial charge in [0.2, 0.25) is 0 Å². The molecule has 152 valence electrons. The molecule has 0 amide bonds. The zero-order chi connectivity index (χ0) is 19.6. The van der Waals surface area contributed by atoms with Crippen molar-refractivity contribution in [1.29, 1.82) is 0 Å². The highest BCUT2D eigenvalue weighted by molar-refractivity contribution is 5.79. The van der Waals surface area contributed by atoms with E-state index in [0.29, 0.717) is 6.54 Å². The first-order valence-corrected chi connectivity index (χ1v) is 9.93. The van der Waals surface area contributed by atoms with Crippen LogP contribution >= 0.6 is 0 Å². The lowest BCUT2D eigenvalue weighted by Gasteiger charge is -2.26. The van der Waals surface area contributed by atoms with Crippen LogP contribution in [0, 0.1) is 6.92 Å². The van der Waals surface area contributed by atoms with Crippen molar-refractivity contribution in [2.24, 2.45) is 12.0 Å². The van der Waals surface area contributed by atoms with Gasteiger partial charge in [-0.05, 0) is 18.9 Å². The highest BCUT2D eigenvalue weighted by atomic mass is 16.5. The highest BCUT2D eigenvalue weighted by Crippen LogP contribution is 2.00. The summed E-state index contributed by atoms with van der Waals surface area (Å²) in [5.41, 5.74) is 1.31. The van der Waals surface area contributed by atoms with Gasteiger partial charge in [-0.2, -0.15) is 0 Å². The summed E-state index contributed by atoms with van der Waals surface area (Å²) in [4.78, 5) is 7.12. The minimum Gasteiger partial charge on any atom is -0.379 e. The lowest BCUT2D eigenvalue weighted by Crippen LogP contribution is -2.44. The van der Waals surface area contributed by atoms with E-state index in [1.165, 1.54) is 5.56 Å². The summed E-state index contributed by atoms with van der Waals surface area (Å²) >= 11 is 0. The lowest BCUT2D eigenvalue weighted by molar-refractivity contribution is 0.0389. The van der Waals surface area contributed by atoms with Crippen molar-refractivity contribution in [2.45, 2.75) is 19.9 Å². The second-order valence-electron chi connectivity index (χ2n) is 6.93. The van der Waals surface area contributed by atoms with Gasteiger partial charge in [-0.25, -0.2) is 4.99 Å². The molecule has 1 saturated heterocycles. The predicted octanol–water partition coefficient (Wildman–Crippen LogP) is 0.734. The molecule has 2 heterocycles. The van der Waals surface area contributed by atoms with Crippen molar-refractivity contribution >= 4 is 5.96 Å². The van der Waals surface area contributed by atoms with Crippen molar-refractivity contribution in [1.82, 2.24) is 30.3 Å². The number of ether oxygens (including phenoxy) is 1. The third-order valence-electron chi connectivity index (χ3n) is 4.93. The van der Waals surface area contributed by atoms with E-state index in [4.69, 9.17) is 9.73 Å². The van der Waals surface area contributed by atoms with Crippen molar-refractivity contribution in [2.75, 3.05) is 45.9 Å². The standard InChI is InChI=1S/C20H31N7O/c1-17-24-25-19(26(17)2)16-23-20(21-9-8-18-6-4-3-5-7-18)22-10-11-27-12-14-28-15-13-27/h3-7H,8-16H2,1-2H3,(H2,21,22,23). The third kappa shape index (κ3) is 6.31. The molecule has 2 aromatic rings. The Morgan fingerprint density at radius 3 is 2.57 bits per heavy atom. The molecule has 0 radical (unpaired) electrons. The fraction of sp³-hybridized carbons (Fsp3) is 0.550. The van der Waals surface area contributed by atoms with Crippen LogP contribution in [0.25, 0.3) is 0 Å². The van der Waals surface area contributed by atoms with E-state index in [0.717, 1.165) is 70.0 Å². The minimum absolute atomic E-state index is 0.496. The van der Waals surface area contributed by atoms with E-state index in [9.17, 15) is 0 Å². The number of hydrogen-bond acceptors (Lipinski definition) is 5. The Morgan fingerprint density at radius 1 is 1.11 bits per heavy atom. The average molecular weight is 386 g/mol. The summed E-state index contributed by atoms with van der Waals surface area (Å²) in [6.45, 7) is 8.71. The molecule has 0 atom stereocenters. The summed E-state index contributed by atoms with van der Waals surface area (Å²) in [6, 6.07) is 10.5. The number of hydrogen-bond donors (Lipinski definition) is 2. The molecule has 0 unspecified atom stereocenters. The quantitative estimate of drug-likeness (QED) is 0.515. The van der Waals surface area contributed by atoms with E-state index in [-0.39, 0.29) is 0 Å². The summed E-state index contributed by atoms with van der Waals surface area (Å²) in [5, 5.41) is 15.2. The molecule has 3 rings (SSSR count). The van der Waals surface area contributed by atoms with E-state index in [1.807, 2.05) is 24.6 Å². The fourth-order valence-corrected chi connectivity index (χ4v) is 3.04. The summed E-state index contributed by atoms with van der Waals surface area (Å²) in [7, 11) is 1.97. The monoisotopic (exact) mass is 385 g/mol. The first-order valence-electron chi connectivity index (χ1n) is 9.93. The molecule has 8 heteroatoms. The van der Waals surface area contributed by atoms with Crippen LogP contribution in [-0.2, 0) is 24.8 Å². The van der Waals surface area contributed by atoms with Gasteiger partial charge < -0.3 is 19.9 Å². The van der Waals surface area contributed by atoms with Gasteiger partial charge in [0.05, 0.1) is 13.2 Å². The number of rotatable bonds is 8. The number of benzene rings is 1. The SMILES string of the molecule is Cc1nnc(CN=C(NCCc2ccccc2)NCCN2CCOCC2)n1C. The largest absolute Gasteiger partial charge is 0.379 e. The molecular weight excluding hydrogens is 354 g/mol. The van der Waals surface area contributed by atoms with Crippen LogP contribution < -0.4 is 10.6 Å². The van der Waals surface area contributed by atoms with Gasteiger partial charge in [-0.3, -0.25) is 4.90 Å². The Labute approximate surface area is 167 Å². The number of aryl methyl sites for hydroxylation is 1. The Bertz CT molecular complexity index is 738. The van der Waals surface area contributed by atoms with Gasteiger partial charge >= 0.3 is 0 Å². The van der Waals surface area contributed by atoms with E-state index < -0.39 is 0 Å². The van der Waals surface area contributed by atoms with Crippen molar-refractivity contribution in [3.8, 4) is 0 Å². The molecule has 8 nitrogen and oxygen atoms in total. The topological polar surface area (TPSA) is 79.6 Å². The molecular formula is C20H31N7O. The van der Waals surface area contributed by atoms with Gasteiger partial charge in [-0.1, -0.05) is 30.3 Å². The van der Waals surface area contributed by atoms with Crippen LogP contribution in [0.1, 0.15) is 17.2 Å². The van der Waals surface area contributed by atoms with Gasteiger partial charge in [0.15, 0.2) is 11.8 Å². The lowest BCUT2D eigenvalue weighted by atomic mass is 10.1. The Balaban J connectivity index is 1.52. The van der Waals surface area contributed by atoms with Gasteiger partial charge in [0.25, 0.3) is 0 Å². The summed E-state index contributed by atoms with van der Waals surface area (Å²) in [6.07, 6.45) is 0.952. The predicted molar refractivity (Wildman–Crippen MR) is 110 cm³/mol. The van der Waals surface area contributed by atoms with Crippen LogP contribution in [0.4, 0.5) is 0 Å². The van der Waals surface area contributed by atoms with Crippen LogP contribution in [0.3, 0.4) is 0 Å². The number of aliphatic imine (C=N–C) groups is 1. The molecule has 1 fully saturated rings. The molecule has 0 bridgehead atoms. The molecule has 1 aromatic heterocycles. The maximum atomic E-state index is 5.41. The molecule has 0 aliphatic carbocycles. The molecule has 1 aliphatic heterocycles. The average Bonchev–Trinajstić information content (AvgIpc) is 3.05. The fourth-order valence-electron chi connectivity index (χ4n) is 3.04. The first-order chi connectivity index (χ1) is 13.7. The van der Waals surface area contributed by atoms with Crippen LogP contribution in [0.2, 0.25) is 0 Å². The number of nitrogens with one attached hydrogen (secondary N) is 2. The third-order valence-corrected chi connectivity index (χ3v) is 4.93. The molecule has 2 N–H and O–H groups in total.